The molecule has 0 fully saturated rings. The van der Waals surface area contributed by atoms with Crippen molar-refractivity contribution in [3.8, 4) is 0 Å². The van der Waals surface area contributed by atoms with Crippen LogP contribution in [-0.4, -0.2) is 16.7 Å². The number of hydrazine groups is 1. The average molecular weight is 112 g/mol. The van der Waals surface area contributed by atoms with Gasteiger partial charge in [-0.2, -0.15) is 0 Å². The van der Waals surface area contributed by atoms with Crippen LogP contribution >= 0.6 is 0 Å². The van der Waals surface area contributed by atoms with Gasteiger partial charge in [0, 0.05) is 6.20 Å². The van der Waals surface area contributed by atoms with Gasteiger partial charge in [0.05, 0.1) is 6.54 Å². The van der Waals surface area contributed by atoms with E-state index in [9.17, 15) is 0 Å². The van der Waals surface area contributed by atoms with Gasteiger partial charge >= 0.3 is 0 Å². The largest absolute Gasteiger partial charge is 0.508 e. The molecule has 3 N–H and O–H groups in total. The van der Waals surface area contributed by atoms with E-state index >= 15 is 0 Å². The van der Waals surface area contributed by atoms with Crippen molar-refractivity contribution in [1.29, 1.82) is 0 Å². The molecule has 0 amide bonds. The normalized spacial score (nSPS) is 18.6. The Morgan fingerprint density at radius 3 is 2.88 bits per heavy atom. The fourth-order valence-electron chi connectivity index (χ4n) is 0.500. The summed E-state index contributed by atoms with van der Waals surface area (Å²) < 4.78 is 0. The molecule has 1 heterocycles. The Balaban J connectivity index is 2.58. The maximum atomic E-state index is 8.72. The van der Waals surface area contributed by atoms with Crippen LogP contribution in [0.25, 0.3) is 0 Å². The molecule has 0 saturated heterocycles. The van der Waals surface area contributed by atoms with Crippen molar-refractivity contribution in [1.82, 2.24) is 5.01 Å². The molecule has 0 radical (unpaired) electrons. The number of nitrogens with two attached hydrogens (primary N) is 1. The fraction of sp³-hybridized carbons (Fsp3) is 0.200. The first kappa shape index (κ1) is 5.18. The summed E-state index contributed by atoms with van der Waals surface area (Å²) in [5.74, 6) is 5.57. The lowest BCUT2D eigenvalue weighted by Crippen LogP contribution is -2.26. The third-order valence-corrected chi connectivity index (χ3v) is 0.948. The average Bonchev–Trinajstić information content (AvgIpc) is 1.77. The highest BCUT2D eigenvalue weighted by molar-refractivity contribution is 5.14. The SMILES string of the molecule is NN1C=CC(O)=CC1. The van der Waals surface area contributed by atoms with Crippen LogP contribution in [0.2, 0.25) is 0 Å². The van der Waals surface area contributed by atoms with Gasteiger partial charge in [0.15, 0.2) is 0 Å². The van der Waals surface area contributed by atoms with E-state index in [4.69, 9.17) is 10.9 Å². The summed E-state index contributed by atoms with van der Waals surface area (Å²) in [5, 5.41) is 10.2. The van der Waals surface area contributed by atoms with Gasteiger partial charge < -0.3 is 10.1 Å². The number of rotatable bonds is 0. The first-order chi connectivity index (χ1) is 3.79. The van der Waals surface area contributed by atoms with Gasteiger partial charge in [0.25, 0.3) is 0 Å². The Morgan fingerprint density at radius 2 is 2.50 bits per heavy atom. The number of hydrogen-bond acceptors (Lipinski definition) is 3. The number of allylic oxidation sites excluding steroid dienone is 1. The lowest BCUT2D eigenvalue weighted by molar-refractivity contribution is 0.383. The smallest absolute Gasteiger partial charge is 0.114 e. The van der Waals surface area contributed by atoms with E-state index in [1.54, 1.807) is 18.4 Å². The Labute approximate surface area is 47.7 Å². The van der Waals surface area contributed by atoms with Gasteiger partial charge in [0.2, 0.25) is 0 Å². The van der Waals surface area contributed by atoms with Gasteiger partial charge in [-0.15, -0.1) is 0 Å². The van der Waals surface area contributed by atoms with Crippen LogP contribution in [0, 0.1) is 0 Å². The Morgan fingerprint density at radius 1 is 1.75 bits per heavy atom. The second-order valence-electron chi connectivity index (χ2n) is 1.64. The molecule has 0 bridgehead atoms. The van der Waals surface area contributed by atoms with Gasteiger partial charge in [-0.05, 0) is 12.2 Å². The Kier molecular flexibility index (Phi) is 1.22. The third kappa shape index (κ3) is 1.01. The van der Waals surface area contributed by atoms with E-state index in [1.165, 1.54) is 5.01 Å². The van der Waals surface area contributed by atoms with Crippen LogP contribution in [0.1, 0.15) is 0 Å². The quantitative estimate of drug-likeness (QED) is 0.438. The first-order valence-electron chi connectivity index (χ1n) is 2.38. The van der Waals surface area contributed by atoms with Crippen LogP contribution in [0.15, 0.2) is 24.1 Å². The predicted molar refractivity (Wildman–Crippen MR) is 30.7 cm³/mol. The molecule has 0 aliphatic carbocycles. The third-order valence-electron chi connectivity index (χ3n) is 0.948. The van der Waals surface area contributed by atoms with Crippen LogP contribution in [0.5, 0.6) is 0 Å². The van der Waals surface area contributed by atoms with E-state index in [2.05, 4.69) is 0 Å². The number of aliphatic hydroxyl groups excluding tert-OH is 1. The molecule has 0 aromatic carbocycles. The summed E-state index contributed by atoms with van der Waals surface area (Å²) >= 11 is 0. The highest BCUT2D eigenvalue weighted by Gasteiger charge is 1.95. The summed E-state index contributed by atoms with van der Waals surface area (Å²) in [4.78, 5) is 0. The summed E-state index contributed by atoms with van der Waals surface area (Å²) in [5.41, 5.74) is 0. The molecule has 8 heavy (non-hydrogen) atoms. The summed E-state index contributed by atoms with van der Waals surface area (Å²) in [6.45, 7) is 0.586. The zero-order valence-electron chi connectivity index (χ0n) is 4.41. The van der Waals surface area contributed by atoms with Crippen molar-refractivity contribution in [2.45, 2.75) is 0 Å². The summed E-state index contributed by atoms with van der Waals surface area (Å²) in [7, 11) is 0. The second kappa shape index (κ2) is 1.88. The topological polar surface area (TPSA) is 49.5 Å². The molecule has 0 spiro atoms. The Hall–Kier alpha value is -0.960. The lowest BCUT2D eigenvalue weighted by atomic mass is 10.3. The van der Waals surface area contributed by atoms with Crippen molar-refractivity contribution >= 4 is 0 Å². The standard InChI is InChI=1S/C5H8N2O/c6-7-3-1-5(8)2-4-7/h1-3,8H,4,6H2. The molecule has 0 saturated carbocycles. The maximum Gasteiger partial charge on any atom is 0.114 e. The van der Waals surface area contributed by atoms with Gasteiger partial charge in [0.1, 0.15) is 5.76 Å². The molecule has 0 atom stereocenters. The number of nitrogens with zero attached hydrogens (tertiary/aromatic N) is 1. The van der Waals surface area contributed by atoms with Crippen molar-refractivity contribution in [2.24, 2.45) is 5.84 Å². The molecule has 3 nitrogen and oxygen atoms in total. The molecule has 0 aromatic heterocycles. The minimum Gasteiger partial charge on any atom is -0.508 e. The molecular weight excluding hydrogens is 104 g/mol. The van der Waals surface area contributed by atoms with E-state index in [1.807, 2.05) is 0 Å². The van der Waals surface area contributed by atoms with Gasteiger partial charge in [-0.25, -0.2) is 5.84 Å². The maximum absolute atomic E-state index is 8.72. The molecule has 1 aliphatic heterocycles. The van der Waals surface area contributed by atoms with E-state index < -0.39 is 0 Å². The minimum absolute atomic E-state index is 0.284. The van der Waals surface area contributed by atoms with Crippen LogP contribution in [0.4, 0.5) is 0 Å². The van der Waals surface area contributed by atoms with Crippen molar-refractivity contribution in [3.63, 3.8) is 0 Å². The number of hydrogen-bond donors (Lipinski definition) is 2. The van der Waals surface area contributed by atoms with Crippen molar-refractivity contribution in [2.75, 3.05) is 6.54 Å². The number of aliphatic hydroxyl groups is 1. The molecule has 1 rings (SSSR count). The van der Waals surface area contributed by atoms with Gasteiger partial charge in [-0.1, -0.05) is 0 Å². The fourth-order valence-corrected chi connectivity index (χ4v) is 0.500. The van der Waals surface area contributed by atoms with Crippen LogP contribution in [0.3, 0.4) is 0 Å². The second-order valence-corrected chi connectivity index (χ2v) is 1.64. The van der Waals surface area contributed by atoms with Crippen molar-refractivity contribution < 1.29 is 5.11 Å². The molecule has 1 aliphatic rings. The summed E-state index contributed by atoms with van der Waals surface area (Å²) in [6, 6.07) is 0. The van der Waals surface area contributed by atoms with Gasteiger partial charge in [-0.3, -0.25) is 0 Å². The minimum atomic E-state index is 0.284. The first-order valence-corrected chi connectivity index (χ1v) is 2.38. The Bertz CT molecular complexity index is 139. The molecule has 44 valence electrons. The monoisotopic (exact) mass is 112 g/mol. The molecular formula is C5H8N2O. The van der Waals surface area contributed by atoms with Crippen molar-refractivity contribution in [3.05, 3.63) is 24.1 Å². The van der Waals surface area contributed by atoms with E-state index in [-0.39, 0.29) is 5.76 Å². The van der Waals surface area contributed by atoms with E-state index in [0.717, 1.165) is 0 Å². The highest BCUT2D eigenvalue weighted by Crippen LogP contribution is 1.97. The predicted octanol–water partition coefficient (Wildman–Crippen LogP) is 0.131. The zero-order chi connectivity index (χ0) is 5.98. The molecule has 0 aromatic rings. The lowest BCUT2D eigenvalue weighted by Gasteiger charge is -2.13. The highest BCUT2D eigenvalue weighted by atomic mass is 16.3. The molecule has 0 unspecified atom stereocenters. The van der Waals surface area contributed by atoms with Crippen LogP contribution < -0.4 is 5.84 Å². The van der Waals surface area contributed by atoms with E-state index in [0.29, 0.717) is 6.54 Å². The van der Waals surface area contributed by atoms with Crippen LogP contribution in [-0.2, 0) is 0 Å². The molecule has 3 heteroatoms. The summed E-state index contributed by atoms with van der Waals surface area (Å²) in [6.07, 6.45) is 4.80. The zero-order valence-corrected chi connectivity index (χ0v) is 4.41.